The zero-order valence-electron chi connectivity index (χ0n) is 9.69. The van der Waals surface area contributed by atoms with Gasteiger partial charge >= 0.3 is 0 Å². The molecule has 16 heavy (non-hydrogen) atoms. The molecule has 0 amide bonds. The van der Waals surface area contributed by atoms with Crippen molar-refractivity contribution < 1.29 is 0 Å². The first-order valence-corrected chi connectivity index (χ1v) is 5.87. The van der Waals surface area contributed by atoms with E-state index in [0.717, 1.165) is 24.8 Å². The van der Waals surface area contributed by atoms with Crippen molar-refractivity contribution in [3.63, 3.8) is 0 Å². The van der Waals surface area contributed by atoms with Gasteiger partial charge in [-0.25, -0.2) is 15.8 Å². The van der Waals surface area contributed by atoms with Crippen LogP contribution in [0.2, 0.25) is 0 Å². The van der Waals surface area contributed by atoms with Gasteiger partial charge in [-0.15, -0.1) is 0 Å². The predicted octanol–water partition coefficient (Wildman–Crippen LogP) is 1.39. The molecule has 1 aliphatic rings. The largest absolute Gasteiger partial charge is 0.356 e. The number of hydrogen-bond acceptors (Lipinski definition) is 5. The minimum atomic E-state index is 0.670. The molecule has 2 rings (SSSR count). The SMILES string of the molecule is CCC1CCCN(c2cc(NN)ncn2)C1. The van der Waals surface area contributed by atoms with Crippen LogP contribution in [0.1, 0.15) is 26.2 Å². The Bertz CT molecular complexity index is 341. The zero-order chi connectivity index (χ0) is 11.4. The van der Waals surface area contributed by atoms with Crippen molar-refractivity contribution in [3.8, 4) is 0 Å². The van der Waals surface area contributed by atoms with Gasteiger partial charge in [0.1, 0.15) is 18.0 Å². The molecule has 5 heteroatoms. The Morgan fingerprint density at radius 3 is 3.19 bits per heavy atom. The maximum absolute atomic E-state index is 5.34. The van der Waals surface area contributed by atoms with E-state index in [1.54, 1.807) is 6.33 Å². The fourth-order valence-corrected chi connectivity index (χ4v) is 2.21. The second-order valence-electron chi connectivity index (χ2n) is 4.27. The molecule has 2 heterocycles. The van der Waals surface area contributed by atoms with Gasteiger partial charge < -0.3 is 10.3 Å². The summed E-state index contributed by atoms with van der Waals surface area (Å²) >= 11 is 0. The summed E-state index contributed by atoms with van der Waals surface area (Å²) in [5.41, 5.74) is 2.55. The summed E-state index contributed by atoms with van der Waals surface area (Å²) in [6.45, 7) is 4.43. The van der Waals surface area contributed by atoms with Crippen LogP contribution in [-0.2, 0) is 0 Å². The smallest absolute Gasteiger partial charge is 0.145 e. The van der Waals surface area contributed by atoms with E-state index in [2.05, 4.69) is 27.2 Å². The van der Waals surface area contributed by atoms with Gasteiger partial charge in [0.25, 0.3) is 0 Å². The molecular weight excluding hydrogens is 202 g/mol. The molecule has 3 N–H and O–H groups in total. The topological polar surface area (TPSA) is 67.1 Å². The van der Waals surface area contributed by atoms with E-state index in [4.69, 9.17) is 5.84 Å². The van der Waals surface area contributed by atoms with Crippen LogP contribution in [0.5, 0.6) is 0 Å². The Morgan fingerprint density at radius 2 is 2.44 bits per heavy atom. The summed E-state index contributed by atoms with van der Waals surface area (Å²) in [6.07, 6.45) is 5.37. The number of nitrogens with zero attached hydrogens (tertiary/aromatic N) is 3. The quantitative estimate of drug-likeness (QED) is 0.596. The molecule has 0 spiro atoms. The van der Waals surface area contributed by atoms with Gasteiger partial charge in [0.15, 0.2) is 0 Å². The van der Waals surface area contributed by atoms with Crippen molar-refractivity contribution in [2.24, 2.45) is 11.8 Å². The Hall–Kier alpha value is -1.36. The van der Waals surface area contributed by atoms with Crippen molar-refractivity contribution in [1.82, 2.24) is 9.97 Å². The number of nitrogen functional groups attached to an aromatic ring is 1. The number of nitrogens with one attached hydrogen (secondary N) is 1. The first-order valence-electron chi connectivity index (χ1n) is 5.87. The number of piperidine rings is 1. The van der Waals surface area contributed by atoms with E-state index in [1.807, 2.05) is 6.07 Å². The molecule has 1 fully saturated rings. The summed E-state index contributed by atoms with van der Waals surface area (Å²) in [5.74, 6) is 7.78. The predicted molar refractivity (Wildman–Crippen MR) is 65.1 cm³/mol. The minimum Gasteiger partial charge on any atom is -0.356 e. The lowest BCUT2D eigenvalue weighted by Crippen LogP contribution is -2.35. The van der Waals surface area contributed by atoms with Crippen molar-refractivity contribution in [3.05, 3.63) is 12.4 Å². The van der Waals surface area contributed by atoms with Gasteiger partial charge in [-0.3, -0.25) is 0 Å². The van der Waals surface area contributed by atoms with Gasteiger partial charge in [0, 0.05) is 19.2 Å². The van der Waals surface area contributed by atoms with E-state index in [9.17, 15) is 0 Å². The lowest BCUT2D eigenvalue weighted by Gasteiger charge is -2.33. The Labute approximate surface area is 96.0 Å². The standard InChI is InChI=1S/C11H19N5/c1-2-9-4-3-5-16(7-9)11-6-10(15-12)13-8-14-11/h6,8-9H,2-5,7,12H2,1H3,(H,13,14,15). The van der Waals surface area contributed by atoms with Crippen LogP contribution in [0.3, 0.4) is 0 Å². The molecule has 0 radical (unpaired) electrons. The van der Waals surface area contributed by atoms with Gasteiger partial charge in [-0.1, -0.05) is 13.3 Å². The van der Waals surface area contributed by atoms with E-state index in [1.165, 1.54) is 19.3 Å². The molecule has 1 atom stereocenters. The minimum absolute atomic E-state index is 0.670. The van der Waals surface area contributed by atoms with Crippen LogP contribution in [0.4, 0.5) is 11.6 Å². The molecule has 1 saturated heterocycles. The van der Waals surface area contributed by atoms with Crippen molar-refractivity contribution >= 4 is 11.6 Å². The second kappa shape index (κ2) is 5.12. The van der Waals surface area contributed by atoms with Gasteiger partial charge in [-0.2, -0.15) is 0 Å². The van der Waals surface area contributed by atoms with Crippen LogP contribution in [-0.4, -0.2) is 23.1 Å². The molecule has 88 valence electrons. The summed E-state index contributed by atoms with van der Waals surface area (Å²) in [4.78, 5) is 10.6. The number of hydrazine groups is 1. The van der Waals surface area contributed by atoms with E-state index in [-0.39, 0.29) is 0 Å². The molecule has 5 nitrogen and oxygen atoms in total. The Morgan fingerprint density at radius 1 is 1.56 bits per heavy atom. The summed E-state index contributed by atoms with van der Waals surface area (Å²) in [7, 11) is 0. The van der Waals surface area contributed by atoms with E-state index >= 15 is 0 Å². The van der Waals surface area contributed by atoms with Crippen molar-refractivity contribution in [2.75, 3.05) is 23.4 Å². The number of nitrogens with two attached hydrogens (primary N) is 1. The molecule has 0 aliphatic carbocycles. The third-order valence-electron chi connectivity index (χ3n) is 3.22. The van der Waals surface area contributed by atoms with Gasteiger partial charge in [-0.05, 0) is 18.8 Å². The average molecular weight is 221 g/mol. The number of hydrogen-bond donors (Lipinski definition) is 2. The highest BCUT2D eigenvalue weighted by atomic mass is 15.3. The fraction of sp³-hybridized carbons (Fsp3) is 0.636. The number of rotatable bonds is 3. The summed E-state index contributed by atoms with van der Waals surface area (Å²) < 4.78 is 0. The summed E-state index contributed by atoms with van der Waals surface area (Å²) in [5, 5.41) is 0. The maximum atomic E-state index is 5.34. The Balaban J connectivity index is 2.10. The lowest BCUT2D eigenvalue weighted by atomic mass is 9.96. The first-order chi connectivity index (χ1) is 7.83. The Kier molecular flexibility index (Phi) is 3.56. The molecule has 0 saturated carbocycles. The van der Waals surface area contributed by atoms with Crippen LogP contribution < -0.4 is 16.2 Å². The highest BCUT2D eigenvalue weighted by Gasteiger charge is 2.19. The van der Waals surface area contributed by atoms with Crippen molar-refractivity contribution in [1.29, 1.82) is 0 Å². The van der Waals surface area contributed by atoms with Gasteiger partial charge in [0.05, 0.1) is 0 Å². The highest BCUT2D eigenvalue weighted by Crippen LogP contribution is 2.23. The van der Waals surface area contributed by atoms with Crippen LogP contribution >= 0.6 is 0 Å². The molecule has 1 unspecified atom stereocenters. The zero-order valence-corrected chi connectivity index (χ0v) is 9.69. The molecule has 1 aliphatic heterocycles. The third kappa shape index (κ3) is 2.41. The molecule has 0 bridgehead atoms. The number of anilines is 2. The number of aromatic nitrogens is 2. The van der Waals surface area contributed by atoms with Crippen molar-refractivity contribution in [2.45, 2.75) is 26.2 Å². The first kappa shape index (κ1) is 11.1. The van der Waals surface area contributed by atoms with E-state index < -0.39 is 0 Å². The monoisotopic (exact) mass is 221 g/mol. The third-order valence-corrected chi connectivity index (χ3v) is 3.22. The molecular formula is C11H19N5. The lowest BCUT2D eigenvalue weighted by molar-refractivity contribution is 0.403. The van der Waals surface area contributed by atoms with Gasteiger partial charge in [0.2, 0.25) is 0 Å². The summed E-state index contributed by atoms with van der Waals surface area (Å²) in [6, 6.07) is 1.90. The maximum Gasteiger partial charge on any atom is 0.145 e. The van der Waals surface area contributed by atoms with Crippen LogP contribution in [0, 0.1) is 5.92 Å². The van der Waals surface area contributed by atoms with E-state index in [0.29, 0.717) is 5.82 Å². The molecule has 1 aromatic rings. The van der Waals surface area contributed by atoms with Crippen LogP contribution in [0.25, 0.3) is 0 Å². The molecule has 0 aromatic carbocycles. The molecule has 1 aromatic heterocycles. The average Bonchev–Trinajstić information content (AvgIpc) is 2.39. The second-order valence-corrected chi connectivity index (χ2v) is 4.27. The highest BCUT2D eigenvalue weighted by molar-refractivity contribution is 5.48. The normalized spacial score (nSPS) is 20.9. The fourth-order valence-electron chi connectivity index (χ4n) is 2.21. The van der Waals surface area contributed by atoms with Crippen LogP contribution in [0.15, 0.2) is 12.4 Å².